The smallest absolute Gasteiger partial charge is 0.226 e. The molecule has 0 radical (unpaired) electrons. The molecule has 0 aliphatic heterocycles. The molecule has 0 atom stereocenters. The Bertz CT molecular complexity index is 412. The minimum atomic E-state index is -0.477. The average molecular weight is 273 g/mol. The van der Waals surface area contributed by atoms with Crippen LogP contribution >= 0.6 is 11.6 Å². The highest BCUT2D eigenvalue weighted by molar-refractivity contribution is 6.31. The lowest BCUT2D eigenvalue weighted by molar-refractivity contribution is -0.118. The third-order valence-electron chi connectivity index (χ3n) is 2.73. The van der Waals surface area contributed by atoms with Gasteiger partial charge in [-0.05, 0) is 44.6 Å². The fourth-order valence-electron chi connectivity index (χ4n) is 1.58. The zero-order chi connectivity index (χ0) is 13.5. The van der Waals surface area contributed by atoms with Crippen molar-refractivity contribution in [3.8, 4) is 0 Å². The van der Waals surface area contributed by atoms with Gasteiger partial charge in [-0.25, -0.2) is 4.39 Å². The van der Waals surface area contributed by atoms with E-state index < -0.39 is 5.82 Å². The Labute approximate surface area is 112 Å². The van der Waals surface area contributed by atoms with Crippen molar-refractivity contribution < 1.29 is 9.18 Å². The molecule has 1 aromatic carbocycles. The maximum absolute atomic E-state index is 13.0. The van der Waals surface area contributed by atoms with E-state index in [0.29, 0.717) is 12.1 Å². The largest absolute Gasteiger partial charge is 0.320 e. The fraction of sp³-hybridized carbons (Fsp3) is 0.462. The fourth-order valence-corrected chi connectivity index (χ4v) is 1.76. The molecule has 0 unspecified atom stereocenters. The average Bonchev–Trinajstić information content (AvgIpc) is 2.37. The summed E-state index contributed by atoms with van der Waals surface area (Å²) in [6, 6.07) is 4.28. The minimum Gasteiger partial charge on any atom is -0.320 e. The molecular formula is C13H18ClFN2O. The third kappa shape index (κ3) is 4.27. The topological polar surface area (TPSA) is 32.3 Å². The Morgan fingerprint density at radius 2 is 2.17 bits per heavy atom. The third-order valence-corrected chi connectivity index (χ3v) is 3.02. The number of unbranched alkanes of at least 4 members (excludes halogenated alkanes) is 1. The summed E-state index contributed by atoms with van der Waals surface area (Å²) in [6.07, 6.45) is 2.27. The normalized spacial score (nSPS) is 10.4. The molecule has 0 aliphatic carbocycles. The van der Waals surface area contributed by atoms with E-state index >= 15 is 0 Å². The van der Waals surface area contributed by atoms with Crippen LogP contribution in [0.15, 0.2) is 18.2 Å². The number of hydrogen-bond donors (Lipinski definition) is 1. The molecule has 1 amide bonds. The molecule has 18 heavy (non-hydrogen) atoms. The van der Waals surface area contributed by atoms with Gasteiger partial charge in [-0.3, -0.25) is 4.79 Å². The number of carbonyl (C=O) groups is 1. The van der Waals surface area contributed by atoms with Crippen molar-refractivity contribution in [1.29, 1.82) is 0 Å². The van der Waals surface area contributed by atoms with Crippen LogP contribution in [0.4, 0.5) is 10.1 Å². The summed E-state index contributed by atoms with van der Waals surface area (Å²) in [5.41, 5.74) is 0.611. The Morgan fingerprint density at radius 3 is 2.78 bits per heavy atom. The molecule has 0 bridgehead atoms. The summed E-state index contributed by atoms with van der Waals surface area (Å²) in [4.78, 5) is 13.4. The number of anilines is 1. The van der Waals surface area contributed by atoms with E-state index in [-0.39, 0.29) is 10.9 Å². The van der Waals surface area contributed by atoms with E-state index in [1.807, 2.05) is 7.05 Å². The predicted molar refractivity (Wildman–Crippen MR) is 72.6 cm³/mol. The van der Waals surface area contributed by atoms with Crippen molar-refractivity contribution in [3.05, 3.63) is 29.0 Å². The van der Waals surface area contributed by atoms with Gasteiger partial charge >= 0.3 is 0 Å². The van der Waals surface area contributed by atoms with Gasteiger partial charge in [0.25, 0.3) is 0 Å². The van der Waals surface area contributed by atoms with Gasteiger partial charge in [0.1, 0.15) is 5.82 Å². The van der Waals surface area contributed by atoms with Crippen molar-refractivity contribution >= 4 is 23.2 Å². The van der Waals surface area contributed by atoms with Crippen LogP contribution in [-0.2, 0) is 4.79 Å². The molecule has 3 nitrogen and oxygen atoms in total. The van der Waals surface area contributed by atoms with Crippen molar-refractivity contribution in [3.63, 3.8) is 0 Å². The first-order valence-electron chi connectivity index (χ1n) is 5.92. The van der Waals surface area contributed by atoms with Crippen LogP contribution in [0.1, 0.15) is 19.3 Å². The van der Waals surface area contributed by atoms with E-state index in [9.17, 15) is 9.18 Å². The number of halogens is 2. The lowest BCUT2D eigenvalue weighted by Crippen LogP contribution is -2.26. The van der Waals surface area contributed by atoms with Gasteiger partial charge in [-0.15, -0.1) is 0 Å². The molecule has 0 heterocycles. The van der Waals surface area contributed by atoms with E-state index in [2.05, 4.69) is 5.32 Å². The van der Waals surface area contributed by atoms with Gasteiger partial charge < -0.3 is 10.2 Å². The van der Waals surface area contributed by atoms with Gasteiger partial charge in [0.2, 0.25) is 5.91 Å². The summed E-state index contributed by atoms with van der Waals surface area (Å²) in [5.74, 6) is -0.468. The SMILES string of the molecule is CNCCCCC(=O)N(C)c1ccc(F)c(Cl)c1. The van der Waals surface area contributed by atoms with E-state index in [1.165, 1.54) is 17.0 Å². The first-order valence-corrected chi connectivity index (χ1v) is 6.30. The molecule has 0 aromatic heterocycles. The van der Waals surface area contributed by atoms with Crippen molar-refractivity contribution in [1.82, 2.24) is 5.32 Å². The predicted octanol–water partition coefficient (Wildman–Crippen LogP) is 2.83. The standard InChI is InChI=1S/C13H18ClFN2O/c1-16-8-4-3-5-13(18)17(2)10-6-7-12(15)11(14)9-10/h6-7,9,16H,3-5,8H2,1-2H3. The second-order valence-electron chi connectivity index (χ2n) is 4.11. The molecule has 100 valence electrons. The molecule has 0 spiro atoms. The highest BCUT2D eigenvalue weighted by atomic mass is 35.5. The van der Waals surface area contributed by atoms with Gasteiger partial charge in [0.05, 0.1) is 5.02 Å². The molecule has 1 rings (SSSR count). The quantitative estimate of drug-likeness (QED) is 0.808. The van der Waals surface area contributed by atoms with Crippen LogP contribution in [0.3, 0.4) is 0 Å². The number of benzene rings is 1. The van der Waals surface area contributed by atoms with Crippen LogP contribution in [-0.4, -0.2) is 26.5 Å². The highest BCUT2D eigenvalue weighted by Crippen LogP contribution is 2.22. The molecule has 1 N–H and O–H groups in total. The summed E-state index contributed by atoms with van der Waals surface area (Å²) in [6.45, 7) is 0.902. The number of carbonyl (C=O) groups excluding carboxylic acids is 1. The summed E-state index contributed by atoms with van der Waals surface area (Å²) >= 11 is 5.69. The molecule has 5 heteroatoms. The number of hydrogen-bond acceptors (Lipinski definition) is 2. The Morgan fingerprint density at radius 1 is 1.44 bits per heavy atom. The molecule has 1 aromatic rings. The van der Waals surface area contributed by atoms with Gasteiger partial charge in [0, 0.05) is 19.2 Å². The minimum absolute atomic E-state index is 0.00813. The zero-order valence-electron chi connectivity index (χ0n) is 10.7. The van der Waals surface area contributed by atoms with Crippen LogP contribution in [0.2, 0.25) is 5.02 Å². The van der Waals surface area contributed by atoms with Gasteiger partial charge in [-0.2, -0.15) is 0 Å². The number of nitrogens with zero attached hydrogens (tertiary/aromatic N) is 1. The van der Waals surface area contributed by atoms with Crippen LogP contribution in [0.5, 0.6) is 0 Å². The Kier molecular flexibility index (Phi) is 6.09. The maximum Gasteiger partial charge on any atom is 0.226 e. The second kappa shape index (κ2) is 7.34. The lowest BCUT2D eigenvalue weighted by Gasteiger charge is -2.17. The number of rotatable bonds is 6. The summed E-state index contributed by atoms with van der Waals surface area (Å²) < 4.78 is 13.0. The molecule has 0 saturated heterocycles. The van der Waals surface area contributed by atoms with Crippen molar-refractivity contribution in [2.45, 2.75) is 19.3 Å². The van der Waals surface area contributed by atoms with E-state index in [1.54, 1.807) is 13.1 Å². The van der Waals surface area contributed by atoms with E-state index in [0.717, 1.165) is 19.4 Å². The number of amides is 1. The molecular weight excluding hydrogens is 255 g/mol. The second-order valence-corrected chi connectivity index (χ2v) is 4.52. The van der Waals surface area contributed by atoms with Crippen LogP contribution < -0.4 is 10.2 Å². The van der Waals surface area contributed by atoms with Crippen molar-refractivity contribution in [2.75, 3.05) is 25.5 Å². The monoisotopic (exact) mass is 272 g/mol. The summed E-state index contributed by atoms with van der Waals surface area (Å²) in [7, 11) is 3.55. The van der Waals surface area contributed by atoms with Gasteiger partial charge in [0.15, 0.2) is 0 Å². The maximum atomic E-state index is 13.0. The van der Waals surface area contributed by atoms with Crippen LogP contribution in [0.25, 0.3) is 0 Å². The summed E-state index contributed by atoms with van der Waals surface area (Å²) in [5, 5.41) is 3.06. The Balaban J connectivity index is 2.54. The molecule has 0 fully saturated rings. The van der Waals surface area contributed by atoms with Crippen molar-refractivity contribution in [2.24, 2.45) is 0 Å². The van der Waals surface area contributed by atoms with E-state index in [4.69, 9.17) is 11.6 Å². The first kappa shape index (κ1) is 14.9. The molecule has 0 aliphatic rings. The van der Waals surface area contributed by atoms with Crippen LogP contribution in [0, 0.1) is 5.82 Å². The first-order chi connectivity index (χ1) is 8.56. The number of nitrogens with one attached hydrogen (secondary N) is 1. The lowest BCUT2D eigenvalue weighted by atomic mass is 10.2. The molecule has 0 saturated carbocycles. The van der Waals surface area contributed by atoms with Gasteiger partial charge in [-0.1, -0.05) is 11.6 Å². The highest BCUT2D eigenvalue weighted by Gasteiger charge is 2.11. The Hall–Kier alpha value is -1.13. The zero-order valence-corrected chi connectivity index (χ0v) is 11.4.